The number of rotatable bonds is 5. The fourth-order valence-electron chi connectivity index (χ4n) is 3.73. The quantitative estimate of drug-likeness (QED) is 0.737. The van der Waals surface area contributed by atoms with Gasteiger partial charge in [0, 0.05) is 30.6 Å². The van der Waals surface area contributed by atoms with Gasteiger partial charge in [-0.2, -0.15) is 0 Å². The Morgan fingerprint density at radius 2 is 1.88 bits per heavy atom. The van der Waals surface area contributed by atoms with Gasteiger partial charge in [-0.3, -0.25) is 9.69 Å². The molecule has 2 aromatic carbocycles. The molecule has 1 fully saturated rings. The number of carbonyl (C=O) groups excluding carboxylic acids is 1. The molecule has 0 saturated carbocycles. The lowest BCUT2D eigenvalue weighted by Gasteiger charge is -2.28. The normalized spacial score (nSPS) is 23.6. The van der Waals surface area contributed by atoms with Crippen LogP contribution in [0, 0.1) is 5.41 Å². The van der Waals surface area contributed by atoms with E-state index in [9.17, 15) is 4.79 Å². The zero-order chi connectivity index (χ0) is 17.9. The minimum atomic E-state index is -0.557. The average molecular weight is 358 g/mol. The largest absolute Gasteiger partial charge is 0.466 e. The summed E-state index contributed by atoms with van der Waals surface area (Å²) in [5.74, 6) is -0.0296. The van der Waals surface area contributed by atoms with Crippen molar-refractivity contribution in [3.63, 3.8) is 0 Å². The molecule has 3 nitrogen and oxygen atoms in total. The van der Waals surface area contributed by atoms with Crippen LogP contribution >= 0.6 is 11.6 Å². The van der Waals surface area contributed by atoms with Crippen molar-refractivity contribution in [2.75, 3.05) is 19.7 Å². The molecular weight excluding hydrogens is 334 g/mol. The summed E-state index contributed by atoms with van der Waals surface area (Å²) < 4.78 is 5.41. The molecule has 1 saturated heterocycles. The monoisotopic (exact) mass is 357 g/mol. The molecule has 0 spiro atoms. The second kappa shape index (κ2) is 7.59. The molecule has 0 bridgehead atoms. The molecule has 0 N–H and O–H groups in total. The number of nitrogens with zero attached hydrogens (tertiary/aromatic N) is 1. The molecule has 3 rings (SSSR count). The highest BCUT2D eigenvalue weighted by Gasteiger charge is 2.50. The maximum Gasteiger partial charge on any atom is 0.313 e. The molecule has 0 aromatic heterocycles. The van der Waals surface area contributed by atoms with Crippen molar-refractivity contribution in [1.82, 2.24) is 4.90 Å². The second-order valence-corrected chi connectivity index (χ2v) is 7.33. The van der Waals surface area contributed by atoms with E-state index in [0.29, 0.717) is 18.2 Å². The summed E-state index contributed by atoms with van der Waals surface area (Å²) >= 11 is 6.04. The van der Waals surface area contributed by atoms with Gasteiger partial charge in [-0.1, -0.05) is 54.1 Å². The van der Waals surface area contributed by atoms with Crippen LogP contribution in [0.1, 0.15) is 30.9 Å². The molecule has 0 aliphatic carbocycles. The van der Waals surface area contributed by atoms with Crippen molar-refractivity contribution in [1.29, 1.82) is 0 Å². The van der Waals surface area contributed by atoms with Gasteiger partial charge in [-0.15, -0.1) is 0 Å². The fraction of sp³-hybridized carbons (Fsp3) is 0.381. The van der Waals surface area contributed by atoms with Crippen molar-refractivity contribution in [2.45, 2.75) is 26.3 Å². The molecular formula is C21H24ClNO2. The first-order valence-corrected chi connectivity index (χ1v) is 9.09. The van der Waals surface area contributed by atoms with Gasteiger partial charge < -0.3 is 4.74 Å². The molecule has 25 heavy (non-hydrogen) atoms. The minimum Gasteiger partial charge on any atom is -0.466 e. The minimum absolute atomic E-state index is 0.0903. The van der Waals surface area contributed by atoms with Gasteiger partial charge in [0.25, 0.3) is 0 Å². The summed E-state index contributed by atoms with van der Waals surface area (Å²) in [7, 11) is 0. The van der Waals surface area contributed by atoms with Crippen LogP contribution in [0.3, 0.4) is 0 Å². The first-order chi connectivity index (χ1) is 12.0. The standard InChI is InChI=1S/C21H24ClNO2/c1-3-25-20(24)21(2)15-23(13-16-7-5-4-6-8-16)14-19(21)17-9-11-18(22)12-10-17/h4-12,19H,3,13-15H2,1-2H3. The molecule has 4 heteroatoms. The Bertz CT molecular complexity index is 716. The number of likely N-dealkylation sites (tertiary alicyclic amines) is 1. The number of benzene rings is 2. The van der Waals surface area contributed by atoms with Crippen LogP contribution in [0.25, 0.3) is 0 Å². The maximum atomic E-state index is 12.7. The molecule has 2 atom stereocenters. The van der Waals surface area contributed by atoms with Gasteiger partial charge in [0.2, 0.25) is 0 Å². The summed E-state index contributed by atoms with van der Waals surface area (Å²) in [5, 5.41) is 0.709. The van der Waals surface area contributed by atoms with Crippen LogP contribution in [0.15, 0.2) is 54.6 Å². The molecule has 2 aromatic rings. The first-order valence-electron chi connectivity index (χ1n) is 8.72. The van der Waals surface area contributed by atoms with Gasteiger partial charge in [0.1, 0.15) is 0 Å². The molecule has 132 valence electrons. The molecule has 1 aliphatic heterocycles. The van der Waals surface area contributed by atoms with Gasteiger partial charge in [0.15, 0.2) is 0 Å². The topological polar surface area (TPSA) is 29.5 Å². The smallest absolute Gasteiger partial charge is 0.313 e. The lowest BCUT2D eigenvalue weighted by Crippen LogP contribution is -2.36. The highest BCUT2D eigenvalue weighted by Crippen LogP contribution is 2.44. The van der Waals surface area contributed by atoms with E-state index in [-0.39, 0.29) is 11.9 Å². The van der Waals surface area contributed by atoms with Crippen molar-refractivity contribution in [3.05, 3.63) is 70.7 Å². The molecule has 2 unspecified atom stereocenters. The Hall–Kier alpha value is -1.84. The molecule has 1 aliphatic rings. The molecule has 0 radical (unpaired) electrons. The number of carbonyl (C=O) groups is 1. The summed E-state index contributed by atoms with van der Waals surface area (Å²) in [6, 6.07) is 18.2. The van der Waals surface area contributed by atoms with Gasteiger partial charge in [-0.05, 0) is 37.1 Å². The van der Waals surface area contributed by atoms with Gasteiger partial charge >= 0.3 is 5.97 Å². The van der Waals surface area contributed by atoms with E-state index in [2.05, 4.69) is 17.0 Å². The number of esters is 1. The van der Waals surface area contributed by atoms with Crippen molar-refractivity contribution < 1.29 is 9.53 Å². The Labute approximate surface area is 154 Å². The number of hydrogen-bond donors (Lipinski definition) is 0. The van der Waals surface area contributed by atoms with Crippen LogP contribution in [-0.2, 0) is 16.1 Å². The van der Waals surface area contributed by atoms with Crippen LogP contribution in [0.5, 0.6) is 0 Å². The summed E-state index contributed by atoms with van der Waals surface area (Å²) in [5.41, 5.74) is 1.83. The van der Waals surface area contributed by atoms with Crippen molar-refractivity contribution >= 4 is 17.6 Å². The van der Waals surface area contributed by atoms with Gasteiger partial charge in [-0.25, -0.2) is 0 Å². The first kappa shape index (κ1) is 18.0. The SMILES string of the molecule is CCOC(=O)C1(C)CN(Cc2ccccc2)CC1c1ccc(Cl)cc1. The number of hydrogen-bond acceptors (Lipinski definition) is 3. The Kier molecular flexibility index (Phi) is 5.45. The highest BCUT2D eigenvalue weighted by atomic mass is 35.5. The zero-order valence-corrected chi connectivity index (χ0v) is 15.5. The molecule has 1 heterocycles. The third kappa shape index (κ3) is 3.88. The van der Waals surface area contributed by atoms with E-state index in [1.54, 1.807) is 0 Å². The number of halogens is 1. The van der Waals surface area contributed by atoms with Gasteiger partial charge in [0.05, 0.1) is 12.0 Å². The van der Waals surface area contributed by atoms with E-state index >= 15 is 0 Å². The lowest BCUT2D eigenvalue weighted by atomic mass is 9.76. The number of ether oxygens (including phenoxy) is 1. The highest BCUT2D eigenvalue weighted by molar-refractivity contribution is 6.30. The second-order valence-electron chi connectivity index (χ2n) is 6.90. The van der Waals surface area contributed by atoms with E-state index in [1.165, 1.54) is 5.56 Å². The fourth-order valence-corrected chi connectivity index (χ4v) is 3.86. The predicted octanol–water partition coefficient (Wildman–Crippen LogP) is 4.51. The van der Waals surface area contributed by atoms with E-state index in [0.717, 1.165) is 18.7 Å². The van der Waals surface area contributed by atoms with Crippen molar-refractivity contribution in [3.8, 4) is 0 Å². The van der Waals surface area contributed by atoms with E-state index < -0.39 is 5.41 Å². The predicted molar refractivity (Wildman–Crippen MR) is 101 cm³/mol. The van der Waals surface area contributed by atoms with Crippen molar-refractivity contribution in [2.24, 2.45) is 5.41 Å². The Morgan fingerprint density at radius 1 is 1.20 bits per heavy atom. The Balaban J connectivity index is 1.87. The third-order valence-corrected chi connectivity index (χ3v) is 5.28. The third-order valence-electron chi connectivity index (χ3n) is 5.03. The van der Waals surface area contributed by atoms with Crippen LogP contribution in [-0.4, -0.2) is 30.6 Å². The Morgan fingerprint density at radius 3 is 2.52 bits per heavy atom. The maximum absolute atomic E-state index is 12.7. The molecule has 0 amide bonds. The lowest BCUT2D eigenvalue weighted by molar-refractivity contribution is -0.154. The zero-order valence-electron chi connectivity index (χ0n) is 14.7. The van der Waals surface area contributed by atoms with Crippen LogP contribution < -0.4 is 0 Å². The van der Waals surface area contributed by atoms with Crippen LogP contribution in [0.2, 0.25) is 5.02 Å². The summed E-state index contributed by atoms with van der Waals surface area (Å²) in [4.78, 5) is 15.1. The summed E-state index contributed by atoms with van der Waals surface area (Å²) in [6.45, 7) is 6.63. The summed E-state index contributed by atoms with van der Waals surface area (Å²) in [6.07, 6.45) is 0. The van der Waals surface area contributed by atoms with E-state index in [1.807, 2.05) is 56.3 Å². The van der Waals surface area contributed by atoms with Crippen LogP contribution in [0.4, 0.5) is 0 Å². The van der Waals surface area contributed by atoms with E-state index in [4.69, 9.17) is 16.3 Å². The average Bonchev–Trinajstić information content (AvgIpc) is 2.94.